The number of aromatic amines is 1. The fourth-order valence-electron chi connectivity index (χ4n) is 2.30. The van der Waals surface area contributed by atoms with E-state index in [0.29, 0.717) is 22.3 Å². The summed E-state index contributed by atoms with van der Waals surface area (Å²) in [5.41, 5.74) is 6.71. The number of rotatable bonds is 4. The van der Waals surface area contributed by atoms with E-state index in [1.165, 1.54) is 11.3 Å². The quantitative estimate of drug-likeness (QED) is 0.673. The molecule has 1 aromatic carbocycles. The minimum absolute atomic E-state index is 0.0900. The first-order valence-corrected chi connectivity index (χ1v) is 7.58. The number of hydrogen-bond donors (Lipinski definition) is 3. The van der Waals surface area contributed by atoms with Gasteiger partial charge in [0.15, 0.2) is 0 Å². The van der Waals surface area contributed by atoms with Crippen LogP contribution in [0.5, 0.6) is 0 Å². The van der Waals surface area contributed by atoms with Gasteiger partial charge in [-0.15, -0.1) is 11.3 Å². The number of aromatic nitrogens is 2. The molecule has 0 bridgehead atoms. The Morgan fingerprint density at radius 2 is 2.17 bits per heavy atom. The Morgan fingerprint density at radius 3 is 2.87 bits per heavy atom. The van der Waals surface area contributed by atoms with Crippen LogP contribution in [0.2, 0.25) is 0 Å². The van der Waals surface area contributed by atoms with Crippen LogP contribution in [0, 0.1) is 0 Å². The normalized spacial score (nSPS) is 10.8. The van der Waals surface area contributed by atoms with Crippen LogP contribution in [-0.2, 0) is 6.54 Å². The number of fused-ring (bicyclic) bond motifs is 1. The summed E-state index contributed by atoms with van der Waals surface area (Å²) >= 11 is 1.21. The standard InChI is InChI=1S/C15H14N4O3S/c1-19(12-5-4-11(23-12)14(21)22)7-8-2-3-10-9(6-8)13(20)18-15(16)17-10/h2-6H,7H2,1H3,(H,21,22)(H3,16,17,18,20). The Balaban J connectivity index is 1.88. The van der Waals surface area contributed by atoms with Gasteiger partial charge in [0.1, 0.15) is 4.88 Å². The lowest BCUT2D eigenvalue weighted by Crippen LogP contribution is -2.16. The number of nitrogens with one attached hydrogen (secondary N) is 1. The molecule has 2 heterocycles. The minimum atomic E-state index is -0.935. The molecule has 0 amide bonds. The SMILES string of the molecule is CN(Cc1ccc2nc(N)[nH]c(=O)c2c1)c1ccc(C(=O)O)s1. The van der Waals surface area contributed by atoms with E-state index in [1.54, 1.807) is 24.3 Å². The van der Waals surface area contributed by atoms with Gasteiger partial charge in [0.25, 0.3) is 5.56 Å². The van der Waals surface area contributed by atoms with Crippen molar-refractivity contribution in [3.63, 3.8) is 0 Å². The van der Waals surface area contributed by atoms with Gasteiger partial charge in [-0.2, -0.15) is 0 Å². The summed E-state index contributed by atoms with van der Waals surface area (Å²) in [6, 6.07) is 8.74. The van der Waals surface area contributed by atoms with Crippen LogP contribution in [-0.4, -0.2) is 28.1 Å². The van der Waals surface area contributed by atoms with Crippen molar-refractivity contribution in [3.8, 4) is 0 Å². The predicted octanol–water partition coefficient (Wildman–Crippen LogP) is 1.90. The maximum atomic E-state index is 11.9. The number of H-pyrrole nitrogens is 1. The van der Waals surface area contributed by atoms with Crippen LogP contribution in [0.3, 0.4) is 0 Å². The minimum Gasteiger partial charge on any atom is -0.477 e. The molecule has 0 spiro atoms. The molecule has 8 heteroatoms. The predicted molar refractivity (Wildman–Crippen MR) is 90.2 cm³/mol. The molecule has 118 valence electrons. The highest BCUT2D eigenvalue weighted by Crippen LogP contribution is 2.26. The number of benzene rings is 1. The maximum Gasteiger partial charge on any atom is 0.345 e. The molecule has 23 heavy (non-hydrogen) atoms. The maximum absolute atomic E-state index is 11.9. The summed E-state index contributed by atoms with van der Waals surface area (Å²) < 4.78 is 0. The fourth-order valence-corrected chi connectivity index (χ4v) is 3.11. The molecule has 0 atom stereocenters. The Labute approximate surface area is 135 Å². The third-order valence-corrected chi connectivity index (χ3v) is 4.57. The summed E-state index contributed by atoms with van der Waals surface area (Å²) in [4.78, 5) is 31.7. The highest BCUT2D eigenvalue weighted by Gasteiger charge is 2.11. The van der Waals surface area contributed by atoms with Crippen LogP contribution < -0.4 is 16.2 Å². The van der Waals surface area contributed by atoms with Gasteiger partial charge in [-0.1, -0.05) is 6.07 Å². The molecule has 0 aliphatic heterocycles. The first-order chi connectivity index (χ1) is 10.9. The van der Waals surface area contributed by atoms with Crippen LogP contribution in [0.25, 0.3) is 10.9 Å². The van der Waals surface area contributed by atoms with E-state index in [2.05, 4.69) is 9.97 Å². The largest absolute Gasteiger partial charge is 0.477 e. The van der Waals surface area contributed by atoms with Gasteiger partial charge >= 0.3 is 5.97 Å². The zero-order valence-corrected chi connectivity index (χ0v) is 13.1. The van der Waals surface area contributed by atoms with E-state index in [9.17, 15) is 9.59 Å². The van der Waals surface area contributed by atoms with Crippen molar-refractivity contribution in [1.82, 2.24) is 9.97 Å². The third kappa shape index (κ3) is 3.02. The lowest BCUT2D eigenvalue weighted by molar-refractivity contribution is 0.0702. The highest BCUT2D eigenvalue weighted by molar-refractivity contribution is 7.17. The summed E-state index contributed by atoms with van der Waals surface area (Å²) in [5.74, 6) is -0.845. The van der Waals surface area contributed by atoms with Crippen molar-refractivity contribution in [2.45, 2.75) is 6.54 Å². The van der Waals surface area contributed by atoms with Crippen LogP contribution in [0.15, 0.2) is 35.1 Å². The molecule has 7 nitrogen and oxygen atoms in total. The lowest BCUT2D eigenvalue weighted by Gasteiger charge is -2.17. The van der Waals surface area contributed by atoms with E-state index in [4.69, 9.17) is 10.8 Å². The van der Waals surface area contributed by atoms with Gasteiger partial charge in [-0.25, -0.2) is 9.78 Å². The van der Waals surface area contributed by atoms with Crippen LogP contribution >= 0.6 is 11.3 Å². The fraction of sp³-hybridized carbons (Fsp3) is 0.133. The zero-order valence-electron chi connectivity index (χ0n) is 12.2. The van der Waals surface area contributed by atoms with Gasteiger partial charge in [-0.05, 0) is 29.8 Å². The molecule has 0 aliphatic carbocycles. The number of nitrogens with zero attached hydrogens (tertiary/aromatic N) is 2. The molecule has 0 radical (unpaired) electrons. The molecule has 2 aromatic heterocycles. The molecule has 0 fully saturated rings. The number of aromatic carboxylic acids is 1. The average molecular weight is 330 g/mol. The van der Waals surface area contributed by atoms with E-state index in [0.717, 1.165) is 10.6 Å². The number of carboxylic acids is 1. The van der Waals surface area contributed by atoms with Crippen molar-refractivity contribution in [2.24, 2.45) is 0 Å². The smallest absolute Gasteiger partial charge is 0.345 e. The van der Waals surface area contributed by atoms with Crippen molar-refractivity contribution in [1.29, 1.82) is 0 Å². The number of carbonyl (C=O) groups is 1. The monoisotopic (exact) mass is 330 g/mol. The molecular weight excluding hydrogens is 316 g/mol. The number of anilines is 2. The summed E-state index contributed by atoms with van der Waals surface area (Å²) in [5, 5.41) is 10.3. The second kappa shape index (κ2) is 5.73. The van der Waals surface area contributed by atoms with Gasteiger partial charge in [-0.3, -0.25) is 9.78 Å². The van der Waals surface area contributed by atoms with Crippen molar-refractivity contribution >= 4 is 39.2 Å². The van der Waals surface area contributed by atoms with E-state index >= 15 is 0 Å². The van der Waals surface area contributed by atoms with Gasteiger partial charge in [0.2, 0.25) is 5.95 Å². The van der Waals surface area contributed by atoms with Crippen LogP contribution in [0.4, 0.5) is 10.9 Å². The number of thiophene rings is 1. The molecule has 4 N–H and O–H groups in total. The Bertz CT molecular complexity index is 947. The van der Waals surface area contributed by atoms with Crippen molar-refractivity contribution < 1.29 is 9.90 Å². The lowest BCUT2D eigenvalue weighted by atomic mass is 10.1. The Kier molecular flexibility index (Phi) is 3.75. The molecular formula is C15H14N4O3S. The molecule has 0 saturated carbocycles. The van der Waals surface area contributed by atoms with Crippen LogP contribution in [0.1, 0.15) is 15.2 Å². The number of hydrogen-bond acceptors (Lipinski definition) is 6. The third-order valence-electron chi connectivity index (χ3n) is 3.39. The van der Waals surface area contributed by atoms with Gasteiger partial charge in [0.05, 0.1) is 15.9 Å². The molecule has 3 aromatic rings. The molecule has 0 unspecified atom stereocenters. The topological polar surface area (TPSA) is 112 Å². The highest BCUT2D eigenvalue weighted by atomic mass is 32.1. The van der Waals surface area contributed by atoms with E-state index < -0.39 is 5.97 Å². The number of nitrogen functional groups attached to an aromatic ring is 1. The Hall–Kier alpha value is -2.87. The van der Waals surface area contributed by atoms with E-state index in [-0.39, 0.29) is 11.5 Å². The summed E-state index contributed by atoms with van der Waals surface area (Å²) in [6.45, 7) is 0.541. The molecule has 0 saturated heterocycles. The van der Waals surface area contributed by atoms with Crippen molar-refractivity contribution in [3.05, 3.63) is 51.1 Å². The first-order valence-electron chi connectivity index (χ1n) is 6.77. The molecule has 3 rings (SSSR count). The second-order valence-corrected chi connectivity index (χ2v) is 6.16. The van der Waals surface area contributed by atoms with Crippen molar-refractivity contribution in [2.75, 3.05) is 17.7 Å². The number of nitrogens with two attached hydrogens (primary N) is 1. The average Bonchev–Trinajstić information content (AvgIpc) is 2.98. The zero-order chi connectivity index (χ0) is 16.6. The van der Waals surface area contributed by atoms with E-state index in [1.807, 2.05) is 18.0 Å². The second-order valence-electron chi connectivity index (χ2n) is 5.10. The number of carboxylic acid groups (broad SMARTS) is 1. The Morgan fingerprint density at radius 1 is 1.39 bits per heavy atom. The summed E-state index contributed by atoms with van der Waals surface area (Å²) in [6.07, 6.45) is 0. The molecule has 0 aliphatic rings. The summed E-state index contributed by atoms with van der Waals surface area (Å²) in [7, 11) is 1.87. The first kappa shape index (κ1) is 15.0. The van der Waals surface area contributed by atoms with Gasteiger partial charge in [0, 0.05) is 13.6 Å². The van der Waals surface area contributed by atoms with Gasteiger partial charge < -0.3 is 15.7 Å².